The molecule has 26 heavy (non-hydrogen) atoms. The van der Waals surface area contributed by atoms with E-state index in [-0.39, 0.29) is 11.8 Å². The van der Waals surface area contributed by atoms with Crippen LogP contribution in [0.25, 0.3) is 0 Å². The van der Waals surface area contributed by atoms with Crippen molar-refractivity contribution in [3.63, 3.8) is 0 Å². The van der Waals surface area contributed by atoms with E-state index >= 15 is 0 Å². The molecule has 0 aromatic heterocycles. The highest BCUT2D eigenvalue weighted by atomic mass is 79.9. The SMILES string of the molecule is CCCOc1c(Br)cc(C2NC(=S)N(C)C(C)=C2C(C)=O)cc1OCC. The standard InChI is InChI=1S/C19H25BrN2O3S/c1-6-8-25-18-14(20)9-13(10-15(18)24-7-2)17-16(12(4)23)11(3)22(5)19(26)21-17/h9-10,17H,6-8H2,1-5H3,(H,21,26). The number of benzene rings is 1. The zero-order valence-corrected chi connectivity index (χ0v) is 18.2. The van der Waals surface area contributed by atoms with Crippen LogP contribution in [0.3, 0.4) is 0 Å². The van der Waals surface area contributed by atoms with Gasteiger partial charge in [-0.1, -0.05) is 6.92 Å². The van der Waals surface area contributed by atoms with Gasteiger partial charge in [0.15, 0.2) is 22.4 Å². The lowest BCUT2D eigenvalue weighted by atomic mass is 9.92. The van der Waals surface area contributed by atoms with E-state index < -0.39 is 0 Å². The zero-order chi connectivity index (χ0) is 19.4. The van der Waals surface area contributed by atoms with Crippen LogP contribution in [0.15, 0.2) is 27.9 Å². The molecule has 7 heteroatoms. The van der Waals surface area contributed by atoms with Crippen molar-refractivity contribution >= 4 is 39.0 Å². The van der Waals surface area contributed by atoms with Crippen LogP contribution >= 0.6 is 28.1 Å². The minimum absolute atomic E-state index is 0.00902. The van der Waals surface area contributed by atoms with Crippen LogP contribution < -0.4 is 14.8 Å². The maximum atomic E-state index is 12.3. The third-order valence-electron chi connectivity index (χ3n) is 4.25. The molecule has 1 aliphatic rings. The topological polar surface area (TPSA) is 50.8 Å². The lowest BCUT2D eigenvalue weighted by Gasteiger charge is -2.35. The van der Waals surface area contributed by atoms with Gasteiger partial charge < -0.3 is 19.7 Å². The number of ketones is 1. The van der Waals surface area contributed by atoms with E-state index in [1.807, 2.05) is 37.9 Å². The molecule has 1 heterocycles. The monoisotopic (exact) mass is 440 g/mol. The second-order valence-electron chi connectivity index (χ2n) is 6.11. The number of nitrogens with zero attached hydrogens (tertiary/aromatic N) is 1. The van der Waals surface area contributed by atoms with Crippen LogP contribution in [-0.4, -0.2) is 36.1 Å². The van der Waals surface area contributed by atoms with E-state index in [2.05, 4.69) is 28.2 Å². The predicted octanol–water partition coefficient (Wildman–Crippen LogP) is 4.36. The number of carbonyl (C=O) groups excluding carboxylic acids is 1. The van der Waals surface area contributed by atoms with Gasteiger partial charge in [0.2, 0.25) is 0 Å². The Morgan fingerprint density at radius 3 is 2.62 bits per heavy atom. The Bertz CT molecular complexity index is 749. The summed E-state index contributed by atoms with van der Waals surface area (Å²) >= 11 is 9.01. The summed E-state index contributed by atoms with van der Waals surface area (Å²) in [6, 6.07) is 3.54. The van der Waals surface area contributed by atoms with E-state index in [9.17, 15) is 4.79 Å². The van der Waals surface area contributed by atoms with Gasteiger partial charge in [-0.15, -0.1) is 0 Å². The first-order valence-corrected chi connectivity index (χ1v) is 9.86. The number of ether oxygens (including phenoxy) is 2. The van der Waals surface area contributed by atoms with Gasteiger partial charge in [0.1, 0.15) is 0 Å². The molecule has 0 saturated heterocycles. The molecule has 1 aromatic carbocycles. The first kappa shape index (κ1) is 20.7. The molecule has 5 nitrogen and oxygen atoms in total. The third-order valence-corrected chi connectivity index (χ3v) is 5.23. The highest BCUT2D eigenvalue weighted by molar-refractivity contribution is 9.10. The molecule has 1 N–H and O–H groups in total. The number of thiocarbonyl (C=S) groups is 1. The molecule has 0 amide bonds. The van der Waals surface area contributed by atoms with Crippen molar-refractivity contribution in [1.82, 2.24) is 10.2 Å². The Morgan fingerprint density at radius 1 is 1.35 bits per heavy atom. The van der Waals surface area contributed by atoms with Crippen molar-refractivity contribution in [2.24, 2.45) is 0 Å². The largest absolute Gasteiger partial charge is 0.490 e. The summed E-state index contributed by atoms with van der Waals surface area (Å²) in [6.07, 6.45) is 0.904. The molecule has 0 spiro atoms. The normalized spacial score (nSPS) is 17.2. The number of nitrogens with one attached hydrogen (secondary N) is 1. The highest BCUT2D eigenvalue weighted by Gasteiger charge is 2.31. The fourth-order valence-corrected chi connectivity index (χ4v) is 3.73. The van der Waals surface area contributed by atoms with Gasteiger partial charge in [0.05, 0.1) is 23.7 Å². The second kappa shape index (κ2) is 8.86. The average molecular weight is 441 g/mol. The van der Waals surface area contributed by atoms with Gasteiger partial charge in [0, 0.05) is 18.3 Å². The Hall–Kier alpha value is -1.60. The molecule has 0 radical (unpaired) electrons. The summed E-state index contributed by atoms with van der Waals surface area (Å²) < 4.78 is 12.4. The van der Waals surface area contributed by atoms with Crippen molar-refractivity contribution < 1.29 is 14.3 Å². The fraction of sp³-hybridized carbons (Fsp3) is 0.474. The summed E-state index contributed by atoms with van der Waals surface area (Å²) in [4.78, 5) is 14.1. The molecule has 0 fully saturated rings. The first-order valence-electron chi connectivity index (χ1n) is 8.66. The van der Waals surface area contributed by atoms with Gasteiger partial charge in [-0.25, -0.2) is 0 Å². The molecular weight excluding hydrogens is 416 g/mol. The van der Waals surface area contributed by atoms with Crippen LogP contribution in [0.5, 0.6) is 11.5 Å². The number of allylic oxidation sites excluding steroid dienone is 1. The molecule has 1 aromatic rings. The predicted molar refractivity (Wildman–Crippen MR) is 111 cm³/mol. The van der Waals surface area contributed by atoms with Gasteiger partial charge in [-0.3, -0.25) is 4.79 Å². The molecule has 0 saturated carbocycles. The van der Waals surface area contributed by atoms with Crippen LogP contribution in [0, 0.1) is 0 Å². The van der Waals surface area contributed by atoms with Gasteiger partial charge in [0.25, 0.3) is 0 Å². The number of hydrogen-bond donors (Lipinski definition) is 1. The number of rotatable bonds is 7. The first-order chi connectivity index (χ1) is 12.3. The van der Waals surface area contributed by atoms with Crippen molar-refractivity contribution in [2.45, 2.75) is 40.2 Å². The average Bonchev–Trinajstić information content (AvgIpc) is 2.58. The van der Waals surface area contributed by atoms with Crippen LogP contribution in [0.1, 0.15) is 45.7 Å². The van der Waals surface area contributed by atoms with Crippen LogP contribution in [0.4, 0.5) is 0 Å². The lowest BCUT2D eigenvalue weighted by Crippen LogP contribution is -2.45. The van der Waals surface area contributed by atoms with Crippen molar-refractivity contribution in [2.75, 3.05) is 20.3 Å². The van der Waals surface area contributed by atoms with E-state index in [1.54, 1.807) is 6.92 Å². The minimum atomic E-state index is -0.327. The minimum Gasteiger partial charge on any atom is -0.490 e. The summed E-state index contributed by atoms with van der Waals surface area (Å²) in [6.45, 7) is 8.59. The molecule has 1 aliphatic heterocycles. The quantitative estimate of drug-likeness (QED) is 0.635. The lowest BCUT2D eigenvalue weighted by molar-refractivity contribution is -0.114. The molecule has 2 rings (SSSR count). The van der Waals surface area contributed by atoms with Crippen LogP contribution in [0.2, 0.25) is 0 Å². The maximum Gasteiger partial charge on any atom is 0.175 e. The van der Waals surface area contributed by atoms with Crippen molar-refractivity contribution in [3.05, 3.63) is 33.4 Å². The van der Waals surface area contributed by atoms with Crippen LogP contribution in [-0.2, 0) is 4.79 Å². The number of hydrogen-bond acceptors (Lipinski definition) is 4. The van der Waals surface area contributed by atoms with E-state index in [1.165, 1.54) is 0 Å². The molecular formula is C19H25BrN2O3S. The molecule has 1 unspecified atom stereocenters. The van der Waals surface area contributed by atoms with Crippen molar-refractivity contribution in [1.29, 1.82) is 0 Å². The van der Waals surface area contributed by atoms with E-state index in [0.29, 0.717) is 35.4 Å². The Labute approximate surface area is 168 Å². The number of halogens is 1. The second-order valence-corrected chi connectivity index (χ2v) is 7.35. The zero-order valence-electron chi connectivity index (χ0n) is 15.8. The third kappa shape index (κ3) is 4.20. The highest BCUT2D eigenvalue weighted by Crippen LogP contribution is 2.41. The Morgan fingerprint density at radius 2 is 2.04 bits per heavy atom. The van der Waals surface area contributed by atoms with E-state index in [0.717, 1.165) is 22.2 Å². The summed E-state index contributed by atoms with van der Waals surface area (Å²) in [7, 11) is 1.85. The summed E-state index contributed by atoms with van der Waals surface area (Å²) in [5.41, 5.74) is 2.44. The Balaban J connectivity index is 2.56. The van der Waals surface area contributed by atoms with Gasteiger partial charge in [-0.2, -0.15) is 0 Å². The maximum absolute atomic E-state index is 12.3. The number of carbonyl (C=O) groups is 1. The molecule has 0 bridgehead atoms. The summed E-state index contributed by atoms with van der Waals surface area (Å²) in [5, 5.41) is 3.85. The Kier molecular flexibility index (Phi) is 7.06. The smallest absolute Gasteiger partial charge is 0.175 e. The fourth-order valence-electron chi connectivity index (χ4n) is 2.90. The summed E-state index contributed by atoms with van der Waals surface area (Å²) in [5.74, 6) is 1.34. The van der Waals surface area contributed by atoms with Crippen molar-refractivity contribution in [3.8, 4) is 11.5 Å². The molecule has 0 aliphatic carbocycles. The van der Waals surface area contributed by atoms with E-state index in [4.69, 9.17) is 21.7 Å². The van der Waals surface area contributed by atoms with Gasteiger partial charge >= 0.3 is 0 Å². The molecule has 142 valence electrons. The van der Waals surface area contributed by atoms with Gasteiger partial charge in [-0.05, 0) is 73.0 Å². The molecule has 1 atom stereocenters. The number of Topliss-reactive ketones (excluding diaryl/α,β-unsaturated/α-hetero) is 1.